The van der Waals surface area contributed by atoms with Crippen molar-refractivity contribution in [1.82, 2.24) is 20.4 Å². The Balaban J connectivity index is 0.00000256. The van der Waals surface area contributed by atoms with Crippen molar-refractivity contribution >= 4 is 18.3 Å². The van der Waals surface area contributed by atoms with Gasteiger partial charge in [-0.25, -0.2) is 0 Å². The average molecular weight is 427 g/mol. The predicted molar refractivity (Wildman–Crippen MR) is 120 cm³/mol. The molecule has 158 valence electrons. The van der Waals surface area contributed by atoms with Crippen molar-refractivity contribution in [3.05, 3.63) is 71.9 Å². The minimum atomic E-state index is -0.0676. The fraction of sp³-hybridized carbons (Fsp3) is 0.304. The third kappa shape index (κ3) is 5.20. The van der Waals surface area contributed by atoms with Gasteiger partial charge in [-0.1, -0.05) is 30.3 Å². The monoisotopic (exact) mass is 426 g/mol. The number of benzene rings is 2. The number of hydrogen-bond donors (Lipinski definition) is 2. The third-order valence-electron chi connectivity index (χ3n) is 5.23. The van der Waals surface area contributed by atoms with Crippen LogP contribution in [0.25, 0.3) is 11.3 Å². The number of nitrogens with zero attached hydrogens (tertiary/aromatic N) is 2. The molecule has 1 aromatic heterocycles. The second-order valence-electron chi connectivity index (χ2n) is 7.30. The number of aromatic nitrogens is 2. The van der Waals surface area contributed by atoms with Gasteiger partial charge in [-0.15, -0.1) is 12.4 Å². The van der Waals surface area contributed by atoms with Crippen LogP contribution in [0.5, 0.6) is 5.75 Å². The van der Waals surface area contributed by atoms with E-state index in [9.17, 15) is 4.79 Å². The molecule has 0 bridgehead atoms. The molecule has 1 amide bonds. The molecule has 2 heterocycles. The summed E-state index contributed by atoms with van der Waals surface area (Å²) in [5.74, 6) is 0.709. The molecule has 0 spiro atoms. The van der Waals surface area contributed by atoms with E-state index < -0.39 is 0 Å². The number of rotatable bonds is 6. The molecular weight excluding hydrogens is 400 g/mol. The highest BCUT2D eigenvalue weighted by Crippen LogP contribution is 2.25. The van der Waals surface area contributed by atoms with Crippen LogP contribution in [-0.2, 0) is 6.54 Å². The smallest absolute Gasteiger partial charge is 0.255 e. The highest BCUT2D eigenvalue weighted by molar-refractivity contribution is 6.00. The fourth-order valence-electron chi connectivity index (χ4n) is 3.63. The van der Waals surface area contributed by atoms with Gasteiger partial charge in [-0.3, -0.25) is 9.48 Å². The second-order valence-corrected chi connectivity index (χ2v) is 7.30. The lowest BCUT2D eigenvalue weighted by Gasteiger charge is -2.23. The molecule has 0 saturated carbocycles. The van der Waals surface area contributed by atoms with Crippen molar-refractivity contribution in [2.75, 3.05) is 20.2 Å². The summed E-state index contributed by atoms with van der Waals surface area (Å²) in [6.45, 7) is 2.48. The molecule has 4 rings (SSSR count). The van der Waals surface area contributed by atoms with Crippen LogP contribution in [0, 0.1) is 0 Å². The number of methoxy groups -OCH3 is 1. The third-order valence-corrected chi connectivity index (χ3v) is 5.23. The number of carbonyl (C=O) groups excluding carboxylic acids is 1. The number of ether oxygens (including phenoxy) is 1. The highest BCUT2D eigenvalue weighted by Gasteiger charge is 2.22. The minimum Gasteiger partial charge on any atom is -0.497 e. The Labute approximate surface area is 183 Å². The van der Waals surface area contributed by atoms with Gasteiger partial charge in [0.2, 0.25) is 0 Å². The highest BCUT2D eigenvalue weighted by atomic mass is 35.5. The Morgan fingerprint density at radius 3 is 2.50 bits per heavy atom. The molecular formula is C23H27ClN4O2. The zero-order chi connectivity index (χ0) is 20.1. The van der Waals surface area contributed by atoms with E-state index in [0.29, 0.717) is 17.8 Å². The molecule has 0 radical (unpaired) electrons. The zero-order valence-electron chi connectivity index (χ0n) is 17.0. The summed E-state index contributed by atoms with van der Waals surface area (Å²) in [7, 11) is 1.64. The van der Waals surface area contributed by atoms with Crippen molar-refractivity contribution in [2.24, 2.45) is 0 Å². The maximum Gasteiger partial charge on any atom is 0.255 e. The molecule has 3 aromatic rings. The minimum absolute atomic E-state index is 0. The van der Waals surface area contributed by atoms with E-state index in [1.54, 1.807) is 7.11 Å². The summed E-state index contributed by atoms with van der Waals surface area (Å²) in [6, 6.07) is 18.0. The lowest BCUT2D eigenvalue weighted by atomic mass is 10.0. The van der Waals surface area contributed by atoms with Gasteiger partial charge in [-0.05, 0) is 55.8 Å². The molecule has 0 atom stereocenters. The predicted octanol–water partition coefficient (Wildman–Crippen LogP) is 3.51. The summed E-state index contributed by atoms with van der Waals surface area (Å²) in [5, 5.41) is 11.3. The first-order chi connectivity index (χ1) is 14.2. The van der Waals surface area contributed by atoms with Gasteiger partial charge in [0, 0.05) is 17.8 Å². The Kier molecular flexibility index (Phi) is 7.49. The van der Waals surface area contributed by atoms with Gasteiger partial charge in [0.15, 0.2) is 0 Å². The van der Waals surface area contributed by atoms with Gasteiger partial charge in [0.25, 0.3) is 5.91 Å². The van der Waals surface area contributed by atoms with E-state index in [-0.39, 0.29) is 24.4 Å². The van der Waals surface area contributed by atoms with Crippen molar-refractivity contribution in [3.8, 4) is 17.0 Å². The summed E-state index contributed by atoms with van der Waals surface area (Å²) < 4.78 is 7.10. The summed E-state index contributed by atoms with van der Waals surface area (Å²) in [4.78, 5) is 13.1. The molecule has 2 aromatic carbocycles. The first-order valence-electron chi connectivity index (χ1n) is 10.0. The molecule has 30 heavy (non-hydrogen) atoms. The molecule has 2 N–H and O–H groups in total. The van der Waals surface area contributed by atoms with E-state index in [1.165, 1.54) is 0 Å². The van der Waals surface area contributed by atoms with Crippen LogP contribution in [0.3, 0.4) is 0 Å². The van der Waals surface area contributed by atoms with Crippen molar-refractivity contribution in [1.29, 1.82) is 0 Å². The first-order valence-corrected chi connectivity index (χ1v) is 10.0. The van der Waals surface area contributed by atoms with Crippen LogP contribution >= 0.6 is 12.4 Å². The molecule has 1 fully saturated rings. The number of carbonyl (C=O) groups is 1. The van der Waals surface area contributed by atoms with Crippen LogP contribution in [0.2, 0.25) is 0 Å². The van der Waals surface area contributed by atoms with Gasteiger partial charge >= 0.3 is 0 Å². The average Bonchev–Trinajstić information content (AvgIpc) is 3.19. The van der Waals surface area contributed by atoms with Crippen molar-refractivity contribution < 1.29 is 9.53 Å². The van der Waals surface area contributed by atoms with Crippen LogP contribution in [0.1, 0.15) is 28.8 Å². The van der Waals surface area contributed by atoms with E-state index in [0.717, 1.165) is 42.8 Å². The van der Waals surface area contributed by atoms with E-state index in [1.807, 2.05) is 53.3 Å². The molecule has 1 saturated heterocycles. The summed E-state index contributed by atoms with van der Waals surface area (Å²) >= 11 is 0. The maximum absolute atomic E-state index is 13.1. The molecule has 0 unspecified atom stereocenters. The van der Waals surface area contributed by atoms with Gasteiger partial charge in [0.1, 0.15) is 11.4 Å². The molecule has 1 aliphatic heterocycles. The number of nitrogens with one attached hydrogen (secondary N) is 2. The van der Waals surface area contributed by atoms with Crippen LogP contribution in [-0.4, -0.2) is 41.9 Å². The van der Waals surface area contributed by atoms with E-state index in [4.69, 9.17) is 9.84 Å². The summed E-state index contributed by atoms with van der Waals surface area (Å²) in [6.07, 6.45) is 3.74. The van der Waals surface area contributed by atoms with Crippen molar-refractivity contribution in [2.45, 2.75) is 25.4 Å². The zero-order valence-corrected chi connectivity index (χ0v) is 17.8. The van der Waals surface area contributed by atoms with Crippen LogP contribution in [0.4, 0.5) is 0 Å². The Bertz CT molecular complexity index is 951. The van der Waals surface area contributed by atoms with E-state index >= 15 is 0 Å². The lowest BCUT2D eigenvalue weighted by molar-refractivity contribution is 0.0930. The number of halogens is 1. The maximum atomic E-state index is 13.1. The van der Waals surface area contributed by atoms with Gasteiger partial charge in [0.05, 0.1) is 19.2 Å². The second kappa shape index (κ2) is 10.3. The molecule has 0 aliphatic carbocycles. The van der Waals surface area contributed by atoms with Gasteiger partial charge < -0.3 is 15.4 Å². The van der Waals surface area contributed by atoms with Crippen molar-refractivity contribution in [3.63, 3.8) is 0 Å². The van der Waals surface area contributed by atoms with E-state index in [2.05, 4.69) is 22.8 Å². The largest absolute Gasteiger partial charge is 0.497 e. The Hall–Kier alpha value is -2.83. The van der Waals surface area contributed by atoms with Gasteiger partial charge in [-0.2, -0.15) is 5.10 Å². The normalized spacial score (nSPS) is 14.0. The summed E-state index contributed by atoms with van der Waals surface area (Å²) in [5.41, 5.74) is 3.33. The SMILES string of the molecule is COc1ccc(-c2nn(Cc3ccccc3)cc2C(=O)NC2CCNCC2)cc1.Cl. The topological polar surface area (TPSA) is 68.2 Å². The number of amides is 1. The molecule has 1 aliphatic rings. The number of hydrogen-bond acceptors (Lipinski definition) is 4. The number of piperidine rings is 1. The lowest BCUT2D eigenvalue weighted by Crippen LogP contribution is -2.42. The molecule has 7 heteroatoms. The Morgan fingerprint density at radius 2 is 1.83 bits per heavy atom. The Morgan fingerprint density at radius 1 is 1.13 bits per heavy atom. The first kappa shape index (κ1) is 21.9. The standard InChI is InChI=1S/C23H26N4O2.ClH/c1-29-20-9-7-18(8-10-20)22-21(23(28)25-19-11-13-24-14-12-19)16-27(26-22)15-17-5-3-2-4-6-17;/h2-10,16,19,24H,11-15H2,1H3,(H,25,28);1H. The van der Waals surface area contributed by atoms with Crippen LogP contribution in [0.15, 0.2) is 60.8 Å². The quantitative estimate of drug-likeness (QED) is 0.633. The van der Waals surface area contributed by atoms with Crippen LogP contribution < -0.4 is 15.4 Å². The fourth-order valence-corrected chi connectivity index (χ4v) is 3.63. The molecule has 6 nitrogen and oxygen atoms in total.